The van der Waals surface area contributed by atoms with E-state index >= 15 is 0 Å². The van der Waals surface area contributed by atoms with Crippen LogP contribution < -0.4 is 5.32 Å². The summed E-state index contributed by atoms with van der Waals surface area (Å²) in [7, 11) is 0. The molecular formula is C23H21BrN2O2. The minimum absolute atomic E-state index is 0.299. The molecule has 0 saturated carbocycles. The molecule has 4 nitrogen and oxygen atoms in total. The minimum atomic E-state index is -0.299. The fourth-order valence-corrected chi connectivity index (χ4v) is 4.01. The molecule has 0 radical (unpaired) electrons. The van der Waals surface area contributed by atoms with Gasteiger partial charge in [0.05, 0.1) is 12.2 Å². The zero-order valence-corrected chi connectivity index (χ0v) is 17.4. The number of anilines is 1. The average Bonchev–Trinajstić information content (AvgIpc) is 3.23. The quantitative estimate of drug-likeness (QED) is 0.500. The molecule has 1 aliphatic rings. The van der Waals surface area contributed by atoms with E-state index in [-0.39, 0.29) is 5.97 Å². The molecule has 3 aromatic rings. The molecule has 0 atom stereocenters. The Labute approximate surface area is 172 Å². The van der Waals surface area contributed by atoms with E-state index in [9.17, 15) is 4.79 Å². The molecular weight excluding hydrogens is 416 g/mol. The fraction of sp³-hybridized carbons (Fsp3) is 0.174. The number of aryl methyl sites for hydroxylation is 1. The van der Waals surface area contributed by atoms with Crippen LogP contribution in [-0.4, -0.2) is 24.1 Å². The smallest absolute Gasteiger partial charge is 0.340 e. The summed E-state index contributed by atoms with van der Waals surface area (Å²) in [5.41, 5.74) is 7.64. The van der Waals surface area contributed by atoms with Gasteiger partial charge in [0.2, 0.25) is 0 Å². The standard InChI is InChI=1S/C23H21BrN2O2/c1-3-28-23(27)21-14(2)26-20(22(21)15-7-5-4-6-8-15)11-16-13-25-19-10-9-17(24)12-18(16)19/h4-12,25-26H,3,13H2,1-2H3/b16-11+. The van der Waals surface area contributed by atoms with Crippen molar-refractivity contribution in [3.63, 3.8) is 0 Å². The Morgan fingerprint density at radius 2 is 2.00 bits per heavy atom. The first-order valence-electron chi connectivity index (χ1n) is 9.28. The molecule has 0 amide bonds. The highest BCUT2D eigenvalue weighted by atomic mass is 79.9. The van der Waals surface area contributed by atoms with Gasteiger partial charge in [-0.25, -0.2) is 4.79 Å². The third-order valence-corrected chi connectivity index (χ3v) is 5.37. The first-order chi connectivity index (χ1) is 13.6. The maximum absolute atomic E-state index is 12.7. The zero-order chi connectivity index (χ0) is 19.7. The number of benzene rings is 2. The summed E-state index contributed by atoms with van der Waals surface area (Å²) in [6, 6.07) is 16.2. The molecule has 28 heavy (non-hydrogen) atoms. The van der Waals surface area contributed by atoms with Crippen molar-refractivity contribution in [2.24, 2.45) is 0 Å². The van der Waals surface area contributed by atoms with Crippen LogP contribution in [0.5, 0.6) is 0 Å². The van der Waals surface area contributed by atoms with E-state index < -0.39 is 0 Å². The molecule has 4 rings (SSSR count). The molecule has 0 saturated heterocycles. The van der Waals surface area contributed by atoms with Gasteiger partial charge < -0.3 is 15.0 Å². The number of halogens is 1. The third-order valence-electron chi connectivity index (χ3n) is 4.87. The summed E-state index contributed by atoms with van der Waals surface area (Å²) in [5.74, 6) is -0.299. The van der Waals surface area contributed by atoms with Gasteiger partial charge in [-0.2, -0.15) is 0 Å². The van der Waals surface area contributed by atoms with Gasteiger partial charge in [-0.05, 0) is 49.3 Å². The van der Waals surface area contributed by atoms with E-state index in [1.165, 1.54) is 11.1 Å². The van der Waals surface area contributed by atoms with Crippen LogP contribution in [0.1, 0.15) is 34.2 Å². The lowest BCUT2D eigenvalue weighted by molar-refractivity contribution is 0.0526. The van der Waals surface area contributed by atoms with Crippen LogP contribution in [0.25, 0.3) is 22.8 Å². The zero-order valence-electron chi connectivity index (χ0n) is 15.8. The molecule has 0 bridgehead atoms. The molecule has 0 fully saturated rings. The number of aromatic nitrogens is 1. The summed E-state index contributed by atoms with van der Waals surface area (Å²) < 4.78 is 6.37. The lowest BCUT2D eigenvalue weighted by Crippen LogP contribution is -2.06. The summed E-state index contributed by atoms with van der Waals surface area (Å²) in [6.45, 7) is 4.83. The number of hydrogen-bond donors (Lipinski definition) is 2. The monoisotopic (exact) mass is 436 g/mol. The van der Waals surface area contributed by atoms with Crippen LogP contribution in [0.15, 0.2) is 53.0 Å². The topological polar surface area (TPSA) is 54.1 Å². The Hall–Kier alpha value is -2.79. The van der Waals surface area contributed by atoms with Crippen molar-refractivity contribution < 1.29 is 9.53 Å². The number of nitrogens with one attached hydrogen (secondary N) is 2. The highest BCUT2D eigenvalue weighted by molar-refractivity contribution is 9.10. The van der Waals surface area contributed by atoms with Crippen molar-refractivity contribution in [2.45, 2.75) is 13.8 Å². The van der Waals surface area contributed by atoms with E-state index in [4.69, 9.17) is 4.74 Å². The SMILES string of the molecule is CCOC(=O)c1c(C)[nH]c(/C=C2\CNc3ccc(Br)cc32)c1-c1ccccc1. The van der Waals surface area contributed by atoms with Crippen LogP contribution in [-0.2, 0) is 4.74 Å². The largest absolute Gasteiger partial charge is 0.462 e. The Bertz CT molecular complexity index is 1070. The van der Waals surface area contributed by atoms with E-state index in [1.54, 1.807) is 0 Å². The van der Waals surface area contributed by atoms with Crippen molar-refractivity contribution in [3.8, 4) is 11.1 Å². The van der Waals surface area contributed by atoms with E-state index in [0.29, 0.717) is 12.2 Å². The van der Waals surface area contributed by atoms with Gasteiger partial charge in [0, 0.05) is 39.2 Å². The Balaban J connectivity index is 1.88. The number of hydrogen-bond acceptors (Lipinski definition) is 3. The summed E-state index contributed by atoms with van der Waals surface area (Å²) >= 11 is 3.56. The van der Waals surface area contributed by atoms with Crippen molar-refractivity contribution >= 4 is 39.2 Å². The van der Waals surface area contributed by atoms with Gasteiger partial charge in [0.25, 0.3) is 0 Å². The predicted octanol–water partition coefficient (Wildman–Crippen LogP) is 5.90. The molecule has 0 aliphatic carbocycles. The van der Waals surface area contributed by atoms with Crippen molar-refractivity contribution in [2.75, 3.05) is 18.5 Å². The molecule has 5 heteroatoms. The lowest BCUT2D eigenvalue weighted by atomic mass is 9.98. The van der Waals surface area contributed by atoms with Gasteiger partial charge in [0.1, 0.15) is 0 Å². The Morgan fingerprint density at radius 1 is 1.21 bits per heavy atom. The summed E-state index contributed by atoms with van der Waals surface area (Å²) in [6.07, 6.45) is 2.13. The number of esters is 1. The minimum Gasteiger partial charge on any atom is -0.462 e. The highest BCUT2D eigenvalue weighted by Crippen LogP contribution is 2.37. The third kappa shape index (κ3) is 3.38. The number of H-pyrrole nitrogens is 1. The second-order valence-electron chi connectivity index (χ2n) is 6.71. The second-order valence-corrected chi connectivity index (χ2v) is 7.63. The molecule has 1 aromatic heterocycles. The number of ether oxygens (including phenoxy) is 1. The lowest BCUT2D eigenvalue weighted by Gasteiger charge is -2.07. The van der Waals surface area contributed by atoms with Gasteiger partial charge in [-0.15, -0.1) is 0 Å². The van der Waals surface area contributed by atoms with Crippen LogP contribution in [0, 0.1) is 6.92 Å². The summed E-state index contributed by atoms with van der Waals surface area (Å²) in [4.78, 5) is 16.1. The number of rotatable bonds is 4. The molecule has 1 aliphatic heterocycles. The number of aromatic amines is 1. The number of fused-ring (bicyclic) bond motifs is 1. The first-order valence-corrected chi connectivity index (χ1v) is 10.1. The molecule has 0 unspecified atom stereocenters. The predicted molar refractivity (Wildman–Crippen MR) is 117 cm³/mol. The van der Waals surface area contributed by atoms with E-state index in [1.807, 2.05) is 50.2 Å². The van der Waals surface area contributed by atoms with Gasteiger partial charge in [-0.3, -0.25) is 0 Å². The number of carbonyl (C=O) groups is 1. The second kappa shape index (κ2) is 7.68. The Kier molecular flexibility index (Phi) is 5.09. The summed E-state index contributed by atoms with van der Waals surface area (Å²) in [5, 5.41) is 3.43. The van der Waals surface area contributed by atoms with Gasteiger partial charge in [-0.1, -0.05) is 46.3 Å². The van der Waals surface area contributed by atoms with Crippen LogP contribution in [0.3, 0.4) is 0 Å². The van der Waals surface area contributed by atoms with E-state index in [2.05, 4.69) is 44.4 Å². The Morgan fingerprint density at radius 3 is 2.75 bits per heavy atom. The molecule has 142 valence electrons. The molecule has 2 N–H and O–H groups in total. The average molecular weight is 437 g/mol. The van der Waals surface area contributed by atoms with Crippen molar-refractivity contribution in [3.05, 3.63) is 75.5 Å². The van der Waals surface area contributed by atoms with Crippen LogP contribution in [0.2, 0.25) is 0 Å². The van der Waals surface area contributed by atoms with Gasteiger partial charge >= 0.3 is 5.97 Å². The first kappa shape index (κ1) is 18.6. The normalized spacial score (nSPS) is 14.0. The van der Waals surface area contributed by atoms with Crippen molar-refractivity contribution in [1.29, 1.82) is 0 Å². The molecule has 0 spiro atoms. The highest BCUT2D eigenvalue weighted by Gasteiger charge is 2.24. The maximum Gasteiger partial charge on any atom is 0.340 e. The van der Waals surface area contributed by atoms with Crippen LogP contribution in [0.4, 0.5) is 5.69 Å². The fourth-order valence-electron chi connectivity index (χ4n) is 3.65. The maximum atomic E-state index is 12.7. The molecule has 2 aromatic carbocycles. The van der Waals surface area contributed by atoms with E-state index in [0.717, 1.165) is 39.2 Å². The number of carbonyl (C=O) groups excluding carboxylic acids is 1. The molecule has 2 heterocycles. The van der Waals surface area contributed by atoms with Gasteiger partial charge in [0.15, 0.2) is 0 Å². The van der Waals surface area contributed by atoms with Crippen molar-refractivity contribution in [1.82, 2.24) is 4.98 Å². The van der Waals surface area contributed by atoms with Crippen LogP contribution >= 0.6 is 15.9 Å².